The number of hydrogen-bond donors (Lipinski definition) is 0. The van der Waals surface area contributed by atoms with Crippen LogP contribution >= 0.6 is 0 Å². The van der Waals surface area contributed by atoms with E-state index < -0.39 is 5.82 Å². The average Bonchev–Trinajstić information content (AvgIpc) is 2.34. The summed E-state index contributed by atoms with van der Waals surface area (Å²) in [5.41, 5.74) is -0.247. The Morgan fingerprint density at radius 3 is 2.45 bits per heavy atom. The number of halogens is 1. The number of rotatable bonds is 2. The average molecular weight is 274 g/mol. The van der Waals surface area contributed by atoms with Gasteiger partial charge in [0, 0.05) is 18.4 Å². The minimum absolute atomic E-state index is 0.0836. The number of hydrogen-bond acceptors (Lipinski definition) is 3. The Bertz CT molecular complexity index is 597. The van der Waals surface area contributed by atoms with E-state index in [-0.39, 0.29) is 47.7 Å². The number of carbonyl (C=O) groups excluding carboxylic acids is 2. The van der Waals surface area contributed by atoms with Crippen molar-refractivity contribution in [3.8, 4) is 6.07 Å². The Hall–Kier alpha value is -2.22. The Morgan fingerprint density at radius 2 is 1.90 bits per heavy atom. The highest BCUT2D eigenvalue weighted by Crippen LogP contribution is 2.32. The summed E-state index contributed by atoms with van der Waals surface area (Å²) >= 11 is 0. The van der Waals surface area contributed by atoms with E-state index in [1.54, 1.807) is 12.1 Å². The summed E-state index contributed by atoms with van der Waals surface area (Å²) in [4.78, 5) is 25.1. The molecule has 0 radical (unpaired) electrons. The highest BCUT2D eigenvalue weighted by atomic mass is 19.1. The molecule has 0 aliphatic carbocycles. The second kappa shape index (κ2) is 5.04. The molecule has 5 heteroatoms. The molecule has 1 fully saturated rings. The van der Waals surface area contributed by atoms with Crippen molar-refractivity contribution in [1.29, 1.82) is 5.26 Å². The predicted molar refractivity (Wildman–Crippen MR) is 69.7 cm³/mol. The van der Waals surface area contributed by atoms with Gasteiger partial charge in [0.25, 0.3) is 0 Å². The van der Waals surface area contributed by atoms with Crippen LogP contribution in [0.5, 0.6) is 0 Å². The van der Waals surface area contributed by atoms with E-state index >= 15 is 0 Å². The first-order chi connectivity index (χ1) is 9.34. The number of nitriles is 1. The number of nitrogens with zero attached hydrogens (tertiary/aromatic N) is 2. The van der Waals surface area contributed by atoms with Crippen molar-refractivity contribution < 1.29 is 14.0 Å². The maximum Gasteiger partial charge on any atom is 0.230 e. The largest absolute Gasteiger partial charge is 0.278 e. The summed E-state index contributed by atoms with van der Waals surface area (Å²) in [7, 11) is 0. The topological polar surface area (TPSA) is 61.2 Å². The van der Waals surface area contributed by atoms with E-state index in [2.05, 4.69) is 0 Å². The number of likely N-dealkylation sites (tertiary alicyclic amines) is 1. The molecule has 0 N–H and O–H groups in total. The zero-order chi connectivity index (χ0) is 14.9. The number of amides is 2. The SMILES string of the molecule is CC1(C)CC(=O)N(Cc2cccc(C#N)c2F)C(=O)C1. The molecule has 1 heterocycles. The predicted octanol–water partition coefficient (Wildman–Crippen LogP) is 2.37. The third kappa shape index (κ3) is 2.69. The van der Waals surface area contributed by atoms with Crippen molar-refractivity contribution in [3.63, 3.8) is 0 Å². The van der Waals surface area contributed by atoms with E-state index in [4.69, 9.17) is 5.26 Å². The Balaban J connectivity index is 2.25. The van der Waals surface area contributed by atoms with E-state index in [9.17, 15) is 14.0 Å². The summed E-state index contributed by atoms with van der Waals surface area (Å²) in [6.45, 7) is 3.60. The summed E-state index contributed by atoms with van der Waals surface area (Å²) in [5.74, 6) is -1.26. The van der Waals surface area contributed by atoms with Gasteiger partial charge in [-0.25, -0.2) is 4.39 Å². The van der Waals surface area contributed by atoms with Crippen LogP contribution in [0, 0.1) is 22.6 Å². The maximum atomic E-state index is 14.0. The molecule has 1 aromatic rings. The third-order valence-electron chi connectivity index (χ3n) is 3.39. The van der Waals surface area contributed by atoms with Gasteiger partial charge < -0.3 is 0 Å². The van der Waals surface area contributed by atoms with Gasteiger partial charge in [-0.05, 0) is 11.5 Å². The molecule has 2 rings (SSSR count). The lowest BCUT2D eigenvalue weighted by molar-refractivity contribution is -0.153. The van der Waals surface area contributed by atoms with Crippen LogP contribution in [0.25, 0.3) is 0 Å². The van der Waals surface area contributed by atoms with E-state index in [1.807, 2.05) is 13.8 Å². The molecule has 1 aliphatic rings. The molecule has 1 aromatic carbocycles. The van der Waals surface area contributed by atoms with Crippen molar-refractivity contribution in [3.05, 3.63) is 35.1 Å². The number of imide groups is 1. The molecule has 4 nitrogen and oxygen atoms in total. The second-order valence-electron chi connectivity index (χ2n) is 5.78. The van der Waals surface area contributed by atoms with Gasteiger partial charge in [-0.3, -0.25) is 14.5 Å². The molecule has 2 amide bonds. The van der Waals surface area contributed by atoms with E-state index in [0.29, 0.717) is 0 Å². The lowest BCUT2D eigenvalue weighted by Crippen LogP contribution is -2.45. The first-order valence-corrected chi connectivity index (χ1v) is 6.35. The van der Waals surface area contributed by atoms with Gasteiger partial charge in [0.2, 0.25) is 11.8 Å². The van der Waals surface area contributed by atoms with E-state index in [1.165, 1.54) is 12.1 Å². The van der Waals surface area contributed by atoms with Gasteiger partial charge in [0.15, 0.2) is 0 Å². The highest BCUT2D eigenvalue weighted by molar-refractivity contribution is 5.98. The van der Waals surface area contributed by atoms with Crippen molar-refractivity contribution in [1.82, 2.24) is 4.90 Å². The first kappa shape index (κ1) is 14.2. The van der Waals surface area contributed by atoms with Crippen molar-refractivity contribution in [2.45, 2.75) is 33.2 Å². The second-order valence-corrected chi connectivity index (χ2v) is 5.78. The smallest absolute Gasteiger partial charge is 0.230 e. The molecule has 0 saturated carbocycles. The Morgan fingerprint density at radius 1 is 1.30 bits per heavy atom. The lowest BCUT2D eigenvalue weighted by Gasteiger charge is -2.34. The molecule has 1 saturated heterocycles. The van der Waals surface area contributed by atoms with Crippen LogP contribution in [-0.4, -0.2) is 16.7 Å². The van der Waals surface area contributed by atoms with Gasteiger partial charge in [0.05, 0.1) is 12.1 Å². The molecule has 1 aliphatic heterocycles. The van der Waals surface area contributed by atoms with E-state index in [0.717, 1.165) is 4.90 Å². The van der Waals surface area contributed by atoms with Crippen LogP contribution in [0.4, 0.5) is 4.39 Å². The Kier molecular flexibility index (Phi) is 3.58. The molecular weight excluding hydrogens is 259 g/mol. The summed E-state index contributed by atoms with van der Waals surface area (Å²) in [6, 6.07) is 6.13. The van der Waals surface area contributed by atoms with Crippen LogP contribution in [0.15, 0.2) is 18.2 Å². The first-order valence-electron chi connectivity index (χ1n) is 6.35. The van der Waals surface area contributed by atoms with Crippen LogP contribution in [-0.2, 0) is 16.1 Å². The van der Waals surface area contributed by atoms with Crippen LogP contribution < -0.4 is 0 Å². The lowest BCUT2D eigenvalue weighted by atomic mass is 9.81. The summed E-state index contributed by atoms with van der Waals surface area (Å²) < 4.78 is 14.0. The molecule has 104 valence electrons. The number of benzene rings is 1. The standard InChI is InChI=1S/C15H15FN2O2/c1-15(2)6-12(19)18(13(20)7-15)9-11-5-3-4-10(8-17)14(11)16/h3-5H,6-7,9H2,1-2H3. The highest BCUT2D eigenvalue weighted by Gasteiger charge is 2.37. The summed E-state index contributed by atoms with van der Waals surface area (Å²) in [5, 5.41) is 8.78. The molecule has 0 atom stereocenters. The normalized spacial score (nSPS) is 18.0. The fraction of sp³-hybridized carbons (Fsp3) is 0.400. The molecule has 0 unspecified atom stereocenters. The van der Waals surface area contributed by atoms with Gasteiger partial charge in [-0.15, -0.1) is 0 Å². The quantitative estimate of drug-likeness (QED) is 0.778. The van der Waals surface area contributed by atoms with Crippen molar-refractivity contribution >= 4 is 11.8 Å². The molecule has 0 aromatic heterocycles. The van der Waals surface area contributed by atoms with Crippen molar-refractivity contribution in [2.24, 2.45) is 5.41 Å². The maximum absolute atomic E-state index is 14.0. The number of piperidine rings is 1. The molecule has 20 heavy (non-hydrogen) atoms. The Labute approximate surface area is 116 Å². The molecular formula is C15H15FN2O2. The number of carbonyl (C=O) groups is 2. The zero-order valence-electron chi connectivity index (χ0n) is 11.4. The van der Waals surface area contributed by atoms with Crippen LogP contribution in [0.3, 0.4) is 0 Å². The van der Waals surface area contributed by atoms with Crippen molar-refractivity contribution in [2.75, 3.05) is 0 Å². The molecule has 0 spiro atoms. The summed E-state index contributed by atoms with van der Waals surface area (Å²) in [6.07, 6.45) is 0.524. The third-order valence-corrected chi connectivity index (χ3v) is 3.39. The monoisotopic (exact) mass is 274 g/mol. The van der Waals surface area contributed by atoms with Gasteiger partial charge >= 0.3 is 0 Å². The fourth-order valence-corrected chi connectivity index (χ4v) is 2.35. The zero-order valence-corrected chi connectivity index (χ0v) is 11.4. The fourth-order valence-electron chi connectivity index (χ4n) is 2.35. The van der Waals surface area contributed by atoms with Crippen LogP contribution in [0.1, 0.15) is 37.8 Å². The minimum Gasteiger partial charge on any atom is -0.278 e. The van der Waals surface area contributed by atoms with Gasteiger partial charge in [-0.1, -0.05) is 26.0 Å². The van der Waals surface area contributed by atoms with Gasteiger partial charge in [0.1, 0.15) is 11.9 Å². The van der Waals surface area contributed by atoms with Gasteiger partial charge in [-0.2, -0.15) is 5.26 Å². The van der Waals surface area contributed by atoms with Crippen LogP contribution in [0.2, 0.25) is 0 Å². The molecule has 0 bridgehead atoms. The minimum atomic E-state index is -0.666.